The Kier molecular flexibility index (Phi) is 4.01. The molecule has 0 aliphatic heterocycles. The van der Waals surface area contributed by atoms with Crippen molar-refractivity contribution in [1.82, 2.24) is 0 Å². The van der Waals surface area contributed by atoms with Gasteiger partial charge in [-0.05, 0) is 24.3 Å². The Morgan fingerprint density at radius 2 is 1.55 bits per heavy atom. The van der Waals surface area contributed by atoms with Gasteiger partial charge in [-0.1, -0.05) is 23.9 Å². The SMILES string of the molecule is [NH3+]Cc1ccc(S(=O)(=O)[N-]c2c(F)cccc2F)cc1. The summed E-state index contributed by atoms with van der Waals surface area (Å²) in [4.78, 5) is -0.127. The molecule has 0 aliphatic rings. The van der Waals surface area contributed by atoms with E-state index in [-0.39, 0.29) is 4.90 Å². The van der Waals surface area contributed by atoms with E-state index in [1.165, 1.54) is 12.1 Å². The Bertz CT molecular complexity index is 695. The molecule has 0 aromatic heterocycles. The van der Waals surface area contributed by atoms with E-state index in [2.05, 4.69) is 10.5 Å². The zero-order valence-electron chi connectivity index (χ0n) is 10.4. The number of hydrogen-bond donors (Lipinski definition) is 1. The molecule has 0 aliphatic carbocycles. The van der Waals surface area contributed by atoms with Crippen LogP contribution in [0.2, 0.25) is 0 Å². The van der Waals surface area contributed by atoms with Gasteiger partial charge in [0.25, 0.3) is 0 Å². The van der Waals surface area contributed by atoms with E-state index in [9.17, 15) is 17.2 Å². The van der Waals surface area contributed by atoms with Crippen molar-refractivity contribution in [3.05, 3.63) is 64.4 Å². The van der Waals surface area contributed by atoms with Gasteiger partial charge in [-0.25, -0.2) is 17.2 Å². The van der Waals surface area contributed by atoms with Crippen molar-refractivity contribution < 1.29 is 22.9 Å². The van der Waals surface area contributed by atoms with Gasteiger partial charge in [-0.2, -0.15) is 0 Å². The second kappa shape index (κ2) is 5.56. The molecule has 0 bridgehead atoms. The van der Waals surface area contributed by atoms with Crippen LogP contribution in [-0.2, 0) is 16.6 Å². The molecule has 0 amide bonds. The zero-order valence-corrected chi connectivity index (χ0v) is 11.2. The average Bonchev–Trinajstić information content (AvgIpc) is 2.43. The molecule has 0 saturated carbocycles. The Balaban J connectivity index is 2.35. The van der Waals surface area contributed by atoms with Crippen LogP contribution in [0.1, 0.15) is 5.56 Å². The Morgan fingerprint density at radius 1 is 1.00 bits per heavy atom. The van der Waals surface area contributed by atoms with Crippen molar-refractivity contribution in [2.75, 3.05) is 0 Å². The first-order valence-electron chi connectivity index (χ1n) is 5.74. The molecule has 0 atom stereocenters. The Hall–Kier alpha value is -1.99. The lowest BCUT2D eigenvalue weighted by molar-refractivity contribution is -0.386. The summed E-state index contributed by atoms with van der Waals surface area (Å²) in [5.74, 6) is -2.05. The van der Waals surface area contributed by atoms with Crippen molar-refractivity contribution in [1.29, 1.82) is 0 Å². The van der Waals surface area contributed by atoms with Crippen LogP contribution in [0.25, 0.3) is 4.72 Å². The van der Waals surface area contributed by atoms with E-state index in [1.54, 1.807) is 12.1 Å². The molecule has 2 rings (SSSR count). The fourth-order valence-electron chi connectivity index (χ4n) is 1.58. The maximum Gasteiger partial charge on any atom is 0.123 e. The molecule has 106 valence electrons. The molecule has 4 nitrogen and oxygen atoms in total. The lowest BCUT2D eigenvalue weighted by atomic mass is 10.2. The van der Waals surface area contributed by atoms with Crippen LogP contribution in [0, 0.1) is 11.6 Å². The third kappa shape index (κ3) is 2.94. The number of halogens is 2. The lowest BCUT2D eigenvalue weighted by Gasteiger charge is -2.23. The number of hydrogen-bond acceptors (Lipinski definition) is 2. The van der Waals surface area contributed by atoms with Crippen molar-refractivity contribution >= 4 is 15.7 Å². The highest BCUT2D eigenvalue weighted by Gasteiger charge is 2.09. The van der Waals surface area contributed by atoms with Crippen LogP contribution in [0.4, 0.5) is 14.5 Å². The first-order chi connectivity index (χ1) is 9.44. The average molecular weight is 298 g/mol. The van der Waals surface area contributed by atoms with Crippen molar-refractivity contribution in [3.8, 4) is 0 Å². The minimum Gasteiger partial charge on any atom is -0.568 e. The highest BCUT2D eigenvalue weighted by molar-refractivity contribution is 7.94. The van der Waals surface area contributed by atoms with Crippen LogP contribution < -0.4 is 5.73 Å². The van der Waals surface area contributed by atoms with Gasteiger partial charge in [0, 0.05) is 5.56 Å². The minimum atomic E-state index is -4.16. The molecular formula is C13H12F2N2O2S. The van der Waals surface area contributed by atoms with Crippen LogP contribution in [0.5, 0.6) is 0 Å². The summed E-state index contributed by atoms with van der Waals surface area (Å²) in [5.41, 5.74) is 3.70. The summed E-state index contributed by atoms with van der Waals surface area (Å²) in [5, 5.41) is 0. The van der Waals surface area contributed by atoms with Crippen molar-refractivity contribution in [2.24, 2.45) is 0 Å². The molecule has 2 aromatic carbocycles. The summed E-state index contributed by atoms with van der Waals surface area (Å²) >= 11 is 0. The predicted octanol–water partition coefficient (Wildman–Crippen LogP) is 2.10. The highest BCUT2D eigenvalue weighted by atomic mass is 32.2. The molecule has 0 spiro atoms. The van der Waals surface area contributed by atoms with E-state index >= 15 is 0 Å². The molecule has 2 aromatic rings. The summed E-state index contributed by atoms with van der Waals surface area (Å²) in [6, 6.07) is 8.85. The lowest BCUT2D eigenvalue weighted by Crippen LogP contribution is -2.47. The third-order valence-electron chi connectivity index (χ3n) is 2.66. The highest BCUT2D eigenvalue weighted by Crippen LogP contribution is 2.32. The minimum absolute atomic E-state index is 0.127. The molecule has 0 unspecified atom stereocenters. The summed E-state index contributed by atoms with van der Waals surface area (Å²) in [7, 11) is -4.16. The van der Waals surface area contributed by atoms with Crippen LogP contribution in [0.15, 0.2) is 47.4 Å². The second-order valence-corrected chi connectivity index (χ2v) is 5.63. The molecule has 0 saturated heterocycles. The number of rotatable bonds is 4. The van der Waals surface area contributed by atoms with Crippen molar-refractivity contribution in [3.63, 3.8) is 0 Å². The monoisotopic (exact) mass is 298 g/mol. The molecule has 0 fully saturated rings. The second-order valence-electron chi connectivity index (χ2n) is 4.03. The summed E-state index contributed by atoms with van der Waals surface area (Å²) in [6.45, 7) is 0.513. The fraction of sp³-hybridized carbons (Fsp3) is 0.0769. The standard InChI is InChI=1S/C13H11F2N2O2S/c14-11-2-1-3-12(15)13(11)17-20(18,19)10-6-4-9(8-16)5-7-10/h1-7H,8,16H2/q-1/p+1. The molecule has 0 radical (unpaired) electrons. The van der Waals surface area contributed by atoms with Gasteiger partial charge in [-0.3, -0.25) is 0 Å². The van der Waals surface area contributed by atoms with E-state index in [0.29, 0.717) is 6.54 Å². The van der Waals surface area contributed by atoms with Crippen LogP contribution in [0.3, 0.4) is 0 Å². The predicted molar refractivity (Wildman–Crippen MR) is 69.6 cm³/mol. The Labute approximate surface area is 115 Å². The van der Waals surface area contributed by atoms with Gasteiger partial charge in [0.1, 0.15) is 21.7 Å². The largest absolute Gasteiger partial charge is 0.568 e. The van der Waals surface area contributed by atoms with E-state index < -0.39 is 27.3 Å². The van der Waals surface area contributed by atoms with Crippen molar-refractivity contribution in [2.45, 2.75) is 11.4 Å². The molecule has 7 heteroatoms. The van der Waals surface area contributed by atoms with Crippen LogP contribution in [-0.4, -0.2) is 8.42 Å². The molecule has 0 heterocycles. The maximum absolute atomic E-state index is 13.4. The smallest absolute Gasteiger partial charge is 0.123 e. The molecule has 20 heavy (non-hydrogen) atoms. The van der Waals surface area contributed by atoms with E-state index in [4.69, 9.17) is 0 Å². The number of nitrogens with zero attached hydrogens (tertiary/aromatic N) is 1. The van der Waals surface area contributed by atoms with E-state index in [1.807, 2.05) is 0 Å². The number of benzene rings is 2. The third-order valence-corrected chi connectivity index (χ3v) is 3.95. The quantitative estimate of drug-likeness (QED) is 0.938. The van der Waals surface area contributed by atoms with Gasteiger partial charge < -0.3 is 10.5 Å². The topological polar surface area (TPSA) is 75.9 Å². The van der Waals surface area contributed by atoms with Gasteiger partial charge in [-0.15, -0.1) is 0 Å². The zero-order chi connectivity index (χ0) is 14.8. The number of quaternary nitrogens is 1. The first-order valence-corrected chi connectivity index (χ1v) is 7.18. The van der Waals surface area contributed by atoms with Gasteiger partial charge in [0.05, 0.1) is 11.4 Å². The van der Waals surface area contributed by atoms with Crippen LogP contribution >= 0.6 is 0 Å². The normalized spacial score (nSPS) is 11.3. The fourth-order valence-corrected chi connectivity index (χ4v) is 2.58. The van der Waals surface area contributed by atoms with Gasteiger partial charge in [0.2, 0.25) is 0 Å². The maximum atomic E-state index is 13.4. The number of sulfonamides is 1. The van der Waals surface area contributed by atoms with E-state index in [0.717, 1.165) is 23.8 Å². The Morgan fingerprint density at radius 3 is 2.05 bits per heavy atom. The van der Waals surface area contributed by atoms with Gasteiger partial charge >= 0.3 is 0 Å². The van der Waals surface area contributed by atoms with Gasteiger partial charge in [0.15, 0.2) is 0 Å². The summed E-state index contributed by atoms with van der Waals surface area (Å²) < 4.78 is 54.0. The first kappa shape index (κ1) is 14.4. The summed E-state index contributed by atoms with van der Waals surface area (Å²) in [6.07, 6.45) is 0. The molecule has 3 N–H and O–H groups in total. The molecular weight excluding hydrogens is 286 g/mol.